The Bertz CT molecular complexity index is 883. The molecular weight excluding hydrogens is 370 g/mol. The minimum Gasteiger partial charge on any atom is -0.370 e. The summed E-state index contributed by atoms with van der Waals surface area (Å²) >= 11 is 6.27. The molecule has 28 heavy (non-hydrogen) atoms. The van der Waals surface area contributed by atoms with Gasteiger partial charge in [-0.25, -0.2) is 9.97 Å². The fourth-order valence-electron chi connectivity index (χ4n) is 2.78. The van der Waals surface area contributed by atoms with Gasteiger partial charge in [-0.3, -0.25) is 0 Å². The SMILES string of the molecule is CN(C)CCCNc1cc(NCc2ccccc2Cl)nc(-c2ccccc2)n1. The first-order chi connectivity index (χ1) is 13.6. The molecule has 2 N–H and O–H groups in total. The third-order valence-corrected chi connectivity index (χ3v) is 4.63. The average molecular weight is 396 g/mol. The van der Waals surface area contributed by atoms with Gasteiger partial charge in [0.15, 0.2) is 5.82 Å². The van der Waals surface area contributed by atoms with Gasteiger partial charge in [-0.1, -0.05) is 60.1 Å². The lowest BCUT2D eigenvalue weighted by Crippen LogP contribution is -2.17. The van der Waals surface area contributed by atoms with Crippen LogP contribution in [0.2, 0.25) is 5.02 Å². The van der Waals surface area contributed by atoms with E-state index in [0.717, 1.165) is 47.3 Å². The van der Waals surface area contributed by atoms with Crippen LogP contribution in [0.3, 0.4) is 0 Å². The van der Waals surface area contributed by atoms with E-state index in [1.54, 1.807) is 0 Å². The summed E-state index contributed by atoms with van der Waals surface area (Å²) in [6, 6.07) is 19.8. The third-order valence-electron chi connectivity index (χ3n) is 4.26. The molecule has 6 heteroatoms. The van der Waals surface area contributed by atoms with Crippen molar-refractivity contribution in [2.75, 3.05) is 37.8 Å². The standard InChI is InChI=1S/C22H26ClN5/c1-28(2)14-8-13-24-20-15-21(25-16-18-11-6-7-12-19(18)23)27-22(26-20)17-9-4-3-5-10-17/h3-7,9-12,15H,8,13-14,16H2,1-2H3,(H2,24,25,26,27). The molecule has 0 atom stereocenters. The Hall–Kier alpha value is -2.63. The highest BCUT2D eigenvalue weighted by Crippen LogP contribution is 2.22. The van der Waals surface area contributed by atoms with Crippen molar-refractivity contribution < 1.29 is 0 Å². The molecule has 3 rings (SSSR count). The van der Waals surface area contributed by atoms with E-state index in [2.05, 4.69) is 29.6 Å². The molecule has 0 saturated carbocycles. The second-order valence-electron chi connectivity index (χ2n) is 6.86. The van der Waals surface area contributed by atoms with Crippen LogP contribution in [0.1, 0.15) is 12.0 Å². The average Bonchev–Trinajstić information content (AvgIpc) is 2.71. The van der Waals surface area contributed by atoms with Crippen LogP contribution in [0.15, 0.2) is 60.7 Å². The Morgan fingerprint density at radius 2 is 1.57 bits per heavy atom. The van der Waals surface area contributed by atoms with Gasteiger partial charge in [-0.2, -0.15) is 0 Å². The molecule has 1 heterocycles. The predicted octanol–water partition coefficient (Wildman–Crippen LogP) is 4.77. The highest BCUT2D eigenvalue weighted by atomic mass is 35.5. The van der Waals surface area contributed by atoms with Crippen molar-refractivity contribution >= 4 is 23.2 Å². The van der Waals surface area contributed by atoms with E-state index in [1.165, 1.54) is 0 Å². The second kappa shape index (κ2) is 10.1. The van der Waals surface area contributed by atoms with Crippen LogP contribution in [-0.2, 0) is 6.54 Å². The van der Waals surface area contributed by atoms with Gasteiger partial charge in [0.1, 0.15) is 11.6 Å². The Morgan fingerprint density at radius 3 is 2.29 bits per heavy atom. The van der Waals surface area contributed by atoms with E-state index in [9.17, 15) is 0 Å². The molecule has 5 nitrogen and oxygen atoms in total. The quantitative estimate of drug-likeness (QED) is 0.511. The number of anilines is 2. The lowest BCUT2D eigenvalue weighted by molar-refractivity contribution is 0.405. The summed E-state index contributed by atoms with van der Waals surface area (Å²) in [6.45, 7) is 2.49. The van der Waals surface area contributed by atoms with Crippen molar-refractivity contribution in [2.24, 2.45) is 0 Å². The minimum absolute atomic E-state index is 0.602. The Kier molecular flexibility index (Phi) is 7.23. The Labute approximate surface area is 171 Å². The van der Waals surface area contributed by atoms with Gasteiger partial charge in [-0.15, -0.1) is 0 Å². The molecule has 1 aromatic heterocycles. The summed E-state index contributed by atoms with van der Waals surface area (Å²) in [5.74, 6) is 2.28. The predicted molar refractivity (Wildman–Crippen MR) is 118 cm³/mol. The Morgan fingerprint density at radius 1 is 0.893 bits per heavy atom. The van der Waals surface area contributed by atoms with Crippen molar-refractivity contribution in [1.29, 1.82) is 0 Å². The first-order valence-corrected chi connectivity index (χ1v) is 9.80. The summed E-state index contributed by atoms with van der Waals surface area (Å²) in [6.07, 6.45) is 1.04. The highest BCUT2D eigenvalue weighted by molar-refractivity contribution is 6.31. The molecule has 0 aliphatic rings. The number of aromatic nitrogens is 2. The van der Waals surface area contributed by atoms with Gasteiger partial charge in [0.25, 0.3) is 0 Å². The number of rotatable bonds is 9. The van der Waals surface area contributed by atoms with Gasteiger partial charge >= 0.3 is 0 Å². The molecular formula is C22H26ClN5. The molecule has 0 radical (unpaired) electrons. The van der Waals surface area contributed by atoms with E-state index in [1.807, 2.05) is 60.7 Å². The van der Waals surface area contributed by atoms with E-state index in [-0.39, 0.29) is 0 Å². The maximum absolute atomic E-state index is 6.27. The molecule has 3 aromatic rings. The summed E-state index contributed by atoms with van der Waals surface area (Å²) in [5, 5.41) is 7.54. The van der Waals surface area contributed by atoms with Crippen LogP contribution >= 0.6 is 11.6 Å². The number of hydrogen-bond acceptors (Lipinski definition) is 5. The molecule has 146 valence electrons. The van der Waals surface area contributed by atoms with Gasteiger partial charge in [0, 0.05) is 29.7 Å². The van der Waals surface area contributed by atoms with E-state index in [0.29, 0.717) is 12.4 Å². The monoisotopic (exact) mass is 395 g/mol. The van der Waals surface area contributed by atoms with Crippen LogP contribution in [0.5, 0.6) is 0 Å². The summed E-state index contributed by atoms with van der Waals surface area (Å²) in [4.78, 5) is 11.6. The number of hydrogen-bond donors (Lipinski definition) is 2. The summed E-state index contributed by atoms with van der Waals surface area (Å²) < 4.78 is 0. The molecule has 2 aromatic carbocycles. The molecule has 0 amide bonds. The smallest absolute Gasteiger partial charge is 0.163 e. The topological polar surface area (TPSA) is 53.1 Å². The van der Waals surface area contributed by atoms with Crippen molar-refractivity contribution in [2.45, 2.75) is 13.0 Å². The number of benzene rings is 2. The van der Waals surface area contributed by atoms with Gasteiger partial charge in [0.05, 0.1) is 0 Å². The van der Waals surface area contributed by atoms with Crippen molar-refractivity contribution in [3.63, 3.8) is 0 Å². The van der Waals surface area contributed by atoms with E-state index in [4.69, 9.17) is 21.6 Å². The largest absolute Gasteiger partial charge is 0.370 e. The normalized spacial score (nSPS) is 10.9. The van der Waals surface area contributed by atoms with Crippen LogP contribution in [-0.4, -0.2) is 42.1 Å². The second-order valence-corrected chi connectivity index (χ2v) is 7.26. The summed E-state index contributed by atoms with van der Waals surface area (Å²) in [5.41, 5.74) is 2.02. The van der Waals surface area contributed by atoms with Crippen LogP contribution in [0.25, 0.3) is 11.4 Å². The number of halogens is 1. The van der Waals surface area contributed by atoms with Gasteiger partial charge < -0.3 is 15.5 Å². The lowest BCUT2D eigenvalue weighted by atomic mass is 10.2. The van der Waals surface area contributed by atoms with Crippen molar-refractivity contribution in [3.8, 4) is 11.4 Å². The van der Waals surface area contributed by atoms with Crippen LogP contribution < -0.4 is 10.6 Å². The molecule has 0 spiro atoms. The molecule has 0 aliphatic heterocycles. The highest BCUT2D eigenvalue weighted by Gasteiger charge is 2.08. The van der Waals surface area contributed by atoms with Crippen molar-refractivity contribution in [1.82, 2.24) is 14.9 Å². The first kappa shape index (κ1) is 20.1. The maximum atomic E-state index is 6.27. The molecule has 0 unspecified atom stereocenters. The van der Waals surface area contributed by atoms with Crippen LogP contribution in [0, 0.1) is 0 Å². The fourth-order valence-corrected chi connectivity index (χ4v) is 2.99. The molecule has 0 bridgehead atoms. The first-order valence-electron chi connectivity index (χ1n) is 9.42. The summed E-state index contributed by atoms with van der Waals surface area (Å²) in [7, 11) is 4.16. The zero-order chi connectivity index (χ0) is 19.8. The van der Waals surface area contributed by atoms with Crippen LogP contribution in [0.4, 0.5) is 11.6 Å². The number of nitrogens with one attached hydrogen (secondary N) is 2. The maximum Gasteiger partial charge on any atom is 0.163 e. The molecule has 0 fully saturated rings. The van der Waals surface area contributed by atoms with Gasteiger partial charge in [0.2, 0.25) is 0 Å². The lowest BCUT2D eigenvalue weighted by Gasteiger charge is -2.13. The minimum atomic E-state index is 0.602. The Balaban J connectivity index is 1.77. The zero-order valence-electron chi connectivity index (χ0n) is 16.3. The van der Waals surface area contributed by atoms with E-state index >= 15 is 0 Å². The van der Waals surface area contributed by atoms with Gasteiger partial charge in [-0.05, 0) is 38.7 Å². The molecule has 0 saturated heterocycles. The molecule has 0 aliphatic carbocycles. The van der Waals surface area contributed by atoms with Crippen molar-refractivity contribution in [3.05, 3.63) is 71.2 Å². The zero-order valence-corrected chi connectivity index (χ0v) is 17.1. The third kappa shape index (κ3) is 5.94. The number of nitrogens with zero attached hydrogens (tertiary/aromatic N) is 3. The fraction of sp³-hybridized carbons (Fsp3) is 0.273. The van der Waals surface area contributed by atoms with E-state index < -0.39 is 0 Å².